The van der Waals surface area contributed by atoms with Crippen LogP contribution in [0.2, 0.25) is 19.6 Å². The lowest BCUT2D eigenvalue weighted by molar-refractivity contribution is 1.63. The van der Waals surface area contributed by atoms with Crippen molar-refractivity contribution >= 4 is 19.4 Å². The number of hydrogen-bond acceptors (Lipinski definition) is 1. The number of nitrogens with two attached hydrogens (primary N) is 1. The number of benzene rings is 1. The minimum atomic E-state index is -1.38. The summed E-state index contributed by atoms with van der Waals surface area (Å²) in [4.78, 5) is 3.35. The third kappa shape index (κ3) is 3.50. The lowest BCUT2D eigenvalue weighted by Gasteiger charge is -2.04. The Labute approximate surface area is 91.9 Å². The Morgan fingerprint density at radius 1 is 1.33 bits per heavy atom. The SMILES string of the molecule is [C-]#[N+]c1ccc(N)c(C#C[Si](C)(C)C)c1. The van der Waals surface area contributed by atoms with E-state index in [0.29, 0.717) is 11.4 Å². The second-order valence-electron chi connectivity index (χ2n) is 4.38. The van der Waals surface area contributed by atoms with Crippen molar-refractivity contribution in [3.8, 4) is 11.5 Å². The molecular weight excluding hydrogens is 200 g/mol. The molecule has 0 aliphatic rings. The molecule has 0 saturated heterocycles. The Hall–Kier alpha value is -1.71. The van der Waals surface area contributed by atoms with Gasteiger partial charge in [-0.3, -0.25) is 0 Å². The van der Waals surface area contributed by atoms with Crippen molar-refractivity contribution in [3.05, 3.63) is 35.2 Å². The van der Waals surface area contributed by atoms with Gasteiger partial charge in [0.05, 0.1) is 6.57 Å². The molecule has 0 spiro atoms. The van der Waals surface area contributed by atoms with E-state index in [1.165, 1.54) is 0 Å². The van der Waals surface area contributed by atoms with Crippen LogP contribution >= 0.6 is 0 Å². The molecule has 1 aromatic rings. The number of nitrogen functional groups attached to an aromatic ring is 1. The van der Waals surface area contributed by atoms with Gasteiger partial charge in [0.25, 0.3) is 0 Å². The van der Waals surface area contributed by atoms with Crippen LogP contribution in [-0.4, -0.2) is 8.07 Å². The van der Waals surface area contributed by atoms with E-state index in [1.807, 2.05) is 0 Å². The summed E-state index contributed by atoms with van der Waals surface area (Å²) in [6.07, 6.45) is 0. The predicted molar refractivity (Wildman–Crippen MR) is 67.3 cm³/mol. The Morgan fingerprint density at radius 3 is 2.53 bits per heavy atom. The van der Waals surface area contributed by atoms with Crippen molar-refractivity contribution < 1.29 is 0 Å². The fourth-order valence-corrected chi connectivity index (χ4v) is 1.49. The summed E-state index contributed by atoms with van der Waals surface area (Å²) in [7, 11) is -1.38. The van der Waals surface area contributed by atoms with E-state index in [1.54, 1.807) is 18.2 Å². The lowest BCUT2D eigenvalue weighted by Crippen LogP contribution is -2.16. The molecule has 0 saturated carbocycles. The molecule has 0 fully saturated rings. The summed E-state index contributed by atoms with van der Waals surface area (Å²) in [5.74, 6) is 3.07. The zero-order chi connectivity index (χ0) is 11.5. The first-order valence-corrected chi connectivity index (χ1v) is 8.22. The third-order valence-electron chi connectivity index (χ3n) is 1.74. The van der Waals surface area contributed by atoms with Gasteiger partial charge in [-0.25, -0.2) is 4.85 Å². The number of anilines is 1. The highest BCUT2D eigenvalue weighted by Gasteiger charge is 2.08. The summed E-state index contributed by atoms with van der Waals surface area (Å²) in [5.41, 5.74) is 11.0. The van der Waals surface area contributed by atoms with Crippen molar-refractivity contribution in [2.45, 2.75) is 19.6 Å². The zero-order valence-corrected chi connectivity index (χ0v) is 10.3. The molecule has 1 rings (SSSR count). The van der Waals surface area contributed by atoms with E-state index in [0.717, 1.165) is 5.56 Å². The molecule has 0 radical (unpaired) electrons. The van der Waals surface area contributed by atoms with E-state index in [-0.39, 0.29) is 0 Å². The smallest absolute Gasteiger partial charge is 0.188 e. The average molecular weight is 214 g/mol. The minimum absolute atomic E-state index is 0.587. The number of rotatable bonds is 0. The summed E-state index contributed by atoms with van der Waals surface area (Å²) in [6, 6.07) is 5.19. The van der Waals surface area contributed by atoms with Gasteiger partial charge in [-0.15, -0.1) is 5.54 Å². The van der Waals surface area contributed by atoms with Crippen LogP contribution in [0.5, 0.6) is 0 Å². The largest absolute Gasteiger partial charge is 0.398 e. The van der Waals surface area contributed by atoms with E-state index in [4.69, 9.17) is 12.3 Å². The maximum atomic E-state index is 6.91. The van der Waals surface area contributed by atoms with E-state index in [9.17, 15) is 0 Å². The van der Waals surface area contributed by atoms with Gasteiger partial charge in [-0.05, 0) is 12.1 Å². The van der Waals surface area contributed by atoms with Crippen molar-refractivity contribution in [2.24, 2.45) is 0 Å². The Morgan fingerprint density at radius 2 is 2.00 bits per heavy atom. The topological polar surface area (TPSA) is 30.4 Å². The molecule has 2 nitrogen and oxygen atoms in total. The normalized spacial score (nSPS) is 10.0. The van der Waals surface area contributed by atoms with E-state index in [2.05, 4.69) is 36.0 Å². The third-order valence-corrected chi connectivity index (χ3v) is 2.61. The minimum Gasteiger partial charge on any atom is -0.398 e. The quantitative estimate of drug-likeness (QED) is 0.306. The van der Waals surface area contributed by atoms with Gasteiger partial charge in [0.1, 0.15) is 8.07 Å². The average Bonchev–Trinajstić information content (AvgIpc) is 2.15. The second kappa shape index (κ2) is 4.21. The van der Waals surface area contributed by atoms with Crippen LogP contribution in [0, 0.1) is 18.0 Å². The molecule has 0 heterocycles. The molecule has 0 aromatic heterocycles. The second-order valence-corrected chi connectivity index (χ2v) is 9.13. The summed E-state index contributed by atoms with van der Waals surface area (Å²) in [5, 5.41) is 0. The number of nitrogens with zero attached hydrogens (tertiary/aromatic N) is 1. The molecule has 0 bridgehead atoms. The standard InChI is InChI=1S/C12H14N2Si/c1-14-11-5-6-12(13)10(9-11)7-8-15(2,3)4/h5-6,9H,13H2,2-4H3. The van der Waals surface area contributed by atoms with Crippen LogP contribution < -0.4 is 5.73 Å². The van der Waals surface area contributed by atoms with Gasteiger partial charge in [0.2, 0.25) is 0 Å². The van der Waals surface area contributed by atoms with Gasteiger partial charge in [-0.2, -0.15) is 0 Å². The van der Waals surface area contributed by atoms with Crippen molar-refractivity contribution in [2.75, 3.05) is 5.73 Å². The van der Waals surface area contributed by atoms with Gasteiger partial charge in [0.15, 0.2) is 5.69 Å². The molecule has 0 aliphatic carbocycles. The van der Waals surface area contributed by atoms with E-state index >= 15 is 0 Å². The highest BCUT2D eigenvalue weighted by Crippen LogP contribution is 2.19. The summed E-state index contributed by atoms with van der Waals surface area (Å²) >= 11 is 0. The molecule has 76 valence electrons. The van der Waals surface area contributed by atoms with Crippen LogP contribution in [0.15, 0.2) is 18.2 Å². The van der Waals surface area contributed by atoms with E-state index < -0.39 is 8.07 Å². The molecule has 0 unspecified atom stereocenters. The Kier molecular flexibility index (Phi) is 3.19. The molecule has 0 aliphatic heterocycles. The molecule has 1 aromatic carbocycles. The zero-order valence-electron chi connectivity index (χ0n) is 9.26. The van der Waals surface area contributed by atoms with Gasteiger partial charge in [-0.1, -0.05) is 31.6 Å². The highest BCUT2D eigenvalue weighted by molar-refractivity contribution is 6.83. The first-order valence-electron chi connectivity index (χ1n) is 4.72. The molecule has 0 amide bonds. The Bertz CT molecular complexity index is 467. The van der Waals surface area contributed by atoms with Crippen LogP contribution in [0.1, 0.15) is 5.56 Å². The van der Waals surface area contributed by atoms with Crippen LogP contribution in [0.3, 0.4) is 0 Å². The molecule has 0 atom stereocenters. The maximum absolute atomic E-state index is 6.91. The van der Waals surface area contributed by atoms with Crippen molar-refractivity contribution in [1.82, 2.24) is 0 Å². The van der Waals surface area contributed by atoms with Gasteiger partial charge >= 0.3 is 0 Å². The van der Waals surface area contributed by atoms with Gasteiger partial charge < -0.3 is 5.73 Å². The highest BCUT2D eigenvalue weighted by atomic mass is 28.3. The Balaban J connectivity index is 3.14. The monoisotopic (exact) mass is 214 g/mol. The fourth-order valence-electron chi connectivity index (χ4n) is 0.977. The van der Waals surface area contributed by atoms with Crippen molar-refractivity contribution in [1.29, 1.82) is 0 Å². The summed E-state index contributed by atoms with van der Waals surface area (Å²) in [6.45, 7) is 13.4. The first-order chi connectivity index (χ1) is 6.92. The van der Waals surface area contributed by atoms with Crippen molar-refractivity contribution in [3.63, 3.8) is 0 Å². The fraction of sp³-hybridized carbons (Fsp3) is 0.250. The predicted octanol–water partition coefficient (Wildman–Crippen LogP) is 3.05. The van der Waals surface area contributed by atoms with Crippen LogP contribution in [0.4, 0.5) is 11.4 Å². The molecular formula is C12H14N2Si. The first kappa shape index (κ1) is 11.4. The number of hydrogen-bond donors (Lipinski definition) is 1. The molecule has 15 heavy (non-hydrogen) atoms. The maximum Gasteiger partial charge on any atom is 0.188 e. The lowest BCUT2D eigenvalue weighted by atomic mass is 10.2. The van der Waals surface area contributed by atoms with Crippen LogP contribution in [-0.2, 0) is 0 Å². The molecule has 2 N–H and O–H groups in total. The summed E-state index contributed by atoms with van der Waals surface area (Å²) < 4.78 is 0. The van der Waals surface area contributed by atoms with Gasteiger partial charge in [0, 0.05) is 11.3 Å². The molecule has 3 heteroatoms. The van der Waals surface area contributed by atoms with Crippen LogP contribution in [0.25, 0.3) is 4.85 Å².